The van der Waals surface area contributed by atoms with Gasteiger partial charge in [-0.1, -0.05) is 65.7 Å². The van der Waals surface area contributed by atoms with E-state index in [0.717, 1.165) is 27.8 Å². The van der Waals surface area contributed by atoms with Gasteiger partial charge >= 0.3 is 5.97 Å². The van der Waals surface area contributed by atoms with Gasteiger partial charge in [0.2, 0.25) is 0 Å². The average molecular weight is 465 g/mol. The molecule has 0 saturated heterocycles. The number of carbonyl (C=O) groups is 1. The van der Waals surface area contributed by atoms with Gasteiger partial charge in [0.25, 0.3) is 0 Å². The fourth-order valence-electron chi connectivity index (χ4n) is 4.29. The molecule has 160 valence electrons. The molecule has 2 N–H and O–H groups in total. The standard InChI is InChI=1S/C25H18Cl2N2O3/c1-25(2)20-21(28-29-22(20)24(30)31)17-11-10-15(13-6-4-3-5-7-13)19(23(17)32-25)16-9-8-14(26)12-18(16)27/h3-12H,1-2H3,(H,28,29)(H,30,31). The van der Waals surface area contributed by atoms with Crippen molar-refractivity contribution in [3.63, 3.8) is 0 Å². The van der Waals surface area contributed by atoms with Gasteiger partial charge in [-0.15, -0.1) is 0 Å². The molecular formula is C25H18Cl2N2O3. The Bertz CT molecular complexity index is 1380. The van der Waals surface area contributed by atoms with Crippen LogP contribution in [0, 0.1) is 0 Å². The van der Waals surface area contributed by atoms with Crippen molar-refractivity contribution in [2.45, 2.75) is 19.4 Å². The number of aromatic amines is 1. The number of benzene rings is 3. The fourth-order valence-corrected chi connectivity index (χ4v) is 4.79. The van der Waals surface area contributed by atoms with Gasteiger partial charge in [0.15, 0.2) is 5.69 Å². The Labute approximate surface area is 194 Å². The summed E-state index contributed by atoms with van der Waals surface area (Å²) in [5.41, 5.74) is 4.38. The minimum absolute atomic E-state index is 0.0474. The molecule has 5 nitrogen and oxygen atoms in total. The van der Waals surface area contributed by atoms with Crippen LogP contribution in [0.25, 0.3) is 33.5 Å². The predicted molar refractivity (Wildman–Crippen MR) is 126 cm³/mol. The third-order valence-corrected chi connectivity index (χ3v) is 6.19. The largest absolute Gasteiger partial charge is 0.482 e. The Morgan fingerprint density at radius 3 is 2.38 bits per heavy atom. The smallest absolute Gasteiger partial charge is 0.356 e. The third kappa shape index (κ3) is 3.17. The maximum absolute atomic E-state index is 11.8. The monoisotopic (exact) mass is 464 g/mol. The van der Waals surface area contributed by atoms with Gasteiger partial charge in [0.1, 0.15) is 11.4 Å². The van der Waals surface area contributed by atoms with Gasteiger partial charge in [-0.05, 0) is 43.2 Å². The number of aromatic nitrogens is 2. The number of aromatic carboxylic acids is 1. The van der Waals surface area contributed by atoms with Crippen LogP contribution in [-0.2, 0) is 5.60 Å². The number of carboxylic acid groups (broad SMARTS) is 1. The molecule has 0 fully saturated rings. The number of hydrogen-bond acceptors (Lipinski definition) is 3. The Kier molecular flexibility index (Phi) is 4.77. The summed E-state index contributed by atoms with van der Waals surface area (Å²) in [6.45, 7) is 3.67. The zero-order valence-electron chi connectivity index (χ0n) is 17.2. The molecule has 0 saturated carbocycles. The van der Waals surface area contributed by atoms with Crippen molar-refractivity contribution in [3.8, 4) is 39.3 Å². The highest BCUT2D eigenvalue weighted by molar-refractivity contribution is 6.36. The minimum Gasteiger partial charge on any atom is -0.482 e. The van der Waals surface area contributed by atoms with Crippen LogP contribution in [0.2, 0.25) is 10.0 Å². The van der Waals surface area contributed by atoms with Gasteiger partial charge in [-0.2, -0.15) is 5.10 Å². The second-order valence-corrected chi connectivity index (χ2v) is 8.94. The van der Waals surface area contributed by atoms with E-state index in [-0.39, 0.29) is 5.69 Å². The van der Waals surface area contributed by atoms with Crippen molar-refractivity contribution in [3.05, 3.63) is 82.0 Å². The lowest BCUT2D eigenvalue weighted by atomic mass is 9.84. The first-order valence-corrected chi connectivity index (χ1v) is 10.7. The molecule has 4 aromatic rings. The molecule has 5 rings (SSSR count). The van der Waals surface area contributed by atoms with E-state index in [4.69, 9.17) is 27.9 Å². The van der Waals surface area contributed by atoms with Crippen molar-refractivity contribution < 1.29 is 14.6 Å². The average Bonchev–Trinajstić information content (AvgIpc) is 3.21. The molecule has 32 heavy (non-hydrogen) atoms. The summed E-state index contributed by atoms with van der Waals surface area (Å²) in [5.74, 6) is -0.502. The molecule has 0 aliphatic carbocycles. The Hall–Kier alpha value is -3.28. The van der Waals surface area contributed by atoms with Crippen LogP contribution in [0.15, 0.2) is 60.7 Å². The number of halogens is 2. The van der Waals surface area contributed by atoms with Crippen molar-refractivity contribution >= 4 is 29.2 Å². The normalized spacial score (nSPS) is 13.8. The van der Waals surface area contributed by atoms with Gasteiger partial charge in [-0.3, -0.25) is 5.10 Å². The van der Waals surface area contributed by atoms with Crippen molar-refractivity contribution in [1.82, 2.24) is 10.2 Å². The Morgan fingerprint density at radius 1 is 1.00 bits per heavy atom. The molecule has 0 spiro atoms. The van der Waals surface area contributed by atoms with E-state index in [0.29, 0.717) is 27.1 Å². The number of hydrogen-bond donors (Lipinski definition) is 2. The number of carboxylic acids is 1. The number of nitrogens with zero attached hydrogens (tertiary/aromatic N) is 1. The lowest BCUT2D eigenvalue weighted by molar-refractivity contribution is 0.0665. The Morgan fingerprint density at radius 2 is 1.69 bits per heavy atom. The van der Waals surface area contributed by atoms with E-state index in [9.17, 15) is 9.90 Å². The highest BCUT2D eigenvalue weighted by Gasteiger charge is 2.41. The highest BCUT2D eigenvalue weighted by Crippen LogP contribution is 2.53. The number of ether oxygens (including phenoxy) is 1. The molecule has 0 amide bonds. The zero-order valence-corrected chi connectivity index (χ0v) is 18.8. The number of nitrogens with one attached hydrogen (secondary N) is 1. The highest BCUT2D eigenvalue weighted by atomic mass is 35.5. The number of H-pyrrole nitrogens is 1. The van der Waals surface area contributed by atoms with Crippen molar-refractivity contribution in [2.24, 2.45) is 0 Å². The SMILES string of the molecule is CC1(C)Oc2c(ccc(-c3ccccc3)c2-c2ccc(Cl)cc2Cl)-c2[nH]nc(C(=O)O)c21. The van der Waals surface area contributed by atoms with Crippen LogP contribution in [0.3, 0.4) is 0 Å². The van der Waals surface area contributed by atoms with Crippen LogP contribution in [0.1, 0.15) is 29.9 Å². The third-order valence-electron chi connectivity index (χ3n) is 5.64. The van der Waals surface area contributed by atoms with E-state index in [1.165, 1.54) is 0 Å². The van der Waals surface area contributed by atoms with E-state index < -0.39 is 11.6 Å². The van der Waals surface area contributed by atoms with Gasteiger partial charge < -0.3 is 9.84 Å². The van der Waals surface area contributed by atoms with E-state index in [2.05, 4.69) is 10.2 Å². The molecular weight excluding hydrogens is 447 g/mol. The molecule has 1 aliphatic heterocycles. The first kappa shape index (κ1) is 20.6. The van der Waals surface area contributed by atoms with E-state index in [1.807, 2.05) is 62.4 Å². The molecule has 0 radical (unpaired) electrons. The van der Waals surface area contributed by atoms with Gasteiger partial charge in [0.05, 0.1) is 16.3 Å². The summed E-state index contributed by atoms with van der Waals surface area (Å²) in [5, 5.41) is 17.6. The summed E-state index contributed by atoms with van der Waals surface area (Å²) in [6, 6.07) is 19.2. The molecule has 2 heterocycles. The van der Waals surface area contributed by atoms with Gasteiger partial charge in [-0.25, -0.2) is 4.79 Å². The maximum Gasteiger partial charge on any atom is 0.356 e. The predicted octanol–water partition coefficient (Wildman–Crippen LogP) is 7.04. The second-order valence-electron chi connectivity index (χ2n) is 8.09. The van der Waals surface area contributed by atoms with E-state index in [1.54, 1.807) is 12.1 Å². The summed E-state index contributed by atoms with van der Waals surface area (Å²) in [6.07, 6.45) is 0. The van der Waals surface area contributed by atoms with Crippen LogP contribution in [0.4, 0.5) is 0 Å². The second kappa shape index (κ2) is 7.40. The first-order valence-electron chi connectivity index (χ1n) is 9.97. The van der Waals surface area contributed by atoms with Gasteiger partial charge in [0, 0.05) is 21.7 Å². The summed E-state index contributed by atoms with van der Waals surface area (Å²) >= 11 is 12.8. The molecule has 0 unspecified atom stereocenters. The Balaban J connectivity index is 1.87. The van der Waals surface area contributed by atoms with Crippen molar-refractivity contribution in [2.75, 3.05) is 0 Å². The summed E-state index contributed by atoms with van der Waals surface area (Å²) in [4.78, 5) is 11.8. The maximum atomic E-state index is 11.8. The van der Waals surface area contributed by atoms with E-state index >= 15 is 0 Å². The zero-order chi connectivity index (χ0) is 22.6. The molecule has 7 heteroatoms. The lowest BCUT2D eigenvalue weighted by Crippen LogP contribution is -2.31. The van der Waals surface area contributed by atoms with Crippen LogP contribution in [-0.4, -0.2) is 21.3 Å². The molecule has 3 aromatic carbocycles. The minimum atomic E-state index is -1.11. The topological polar surface area (TPSA) is 75.2 Å². The lowest BCUT2D eigenvalue weighted by Gasteiger charge is -2.35. The summed E-state index contributed by atoms with van der Waals surface area (Å²) < 4.78 is 6.51. The first-order chi connectivity index (χ1) is 15.3. The summed E-state index contributed by atoms with van der Waals surface area (Å²) in [7, 11) is 0. The quantitative estimate of drug-likeness (QED) is 0.340. The molecule has 0 bridgehead atoms. The van der Waals surface area contributed by atoms with Crippen molar-refractivity contribution in [1.29, 1.82) is 0 Å². The van der Waals surface area contributed by atoms with Crippen LogP contribution < -0.4 is 4.74 Å². The fraction of sp³-hybridized carbons (Fsp3) is 0.120. The molecule has 1 aliphatic rings. The number of rotatable bonds is 3. The molecule has 1 aromatic heterocycles. The van der Waals surface area contributed by atoms with Crippen LogP contribution in [0.5, 0.6) is 5.75 Å². The number of fused-ring (bicyclic) bond motifs is 3. The van der Waals surface area contributed by atoms with Crippen LogP contribution >= 0.6 is 23.2 Å². The molecule has 0 atom stereocenters.